The van der Waals surface area contributed by atoms with E-state index < -0.39 is 17.6 Å². The maximum Gasteiger partial charge on any atom is 0.410 e. The molecule has 0 radical (unpaired) electrons. The van der Waals surface area contributed by atoms with Crippen LogP contribution in [0.15, 0.2) is 24.3 Å². The lowest BCUT2D eigenvalue weighted by Gasteiger charge is -2.39. The number of hydrogen-bond acceptors (Lipinski definition) is 3. The van der Waals surface area contributed by atoms with E-state index in [0.29, 0.717) is 19.4 Å². The predicted molar refractivity (Wildman–Crippen MR) is 89.6 cm³/mol. The number of rotatable bonds is 8. The number of aliphatic carboxylic acids is 1. The topological polar surface area (TPSA) is 66.8 Å². The van der Waals surface area contributed by atoms with E-state index in [1.54, 1.807) is 13.8 Å². The number of carboxylic acids is 1. The highest BCUT2D eigenvalue weighted by atomic mass is 16.6. The Morgan fingerprint density at radius 3 is 2.22 bits per heavy atom. The number of amides is 1. The number of carboxylic acid groups (broad SMARTS) is 1. The highest BCUT2D eigenvalue weighted by Crippen LogP contribution is 2.27. The van der Waals surface area contributed by atoms with Crippen molar-refractivity contribution in [3.63, 3.8) is 0 Å². The van der Waals surface area contributed by atoms with Crippen LogP contribution in [0.1, 0.15) is 44.7 Å². The summed E-state index contributed by atoms with van der Waals surface area (Å²) >= 11 is 0. The molecule has 1 amide bonds. The van der Waals surface area contributed by atoms with E-state index in [-0.39, 0.29) is 13.0 Å². The Labute approximate surface area is 138 Å². The first kappa shape index (κ1) is 19.0. The van der Waals surface area contributed by atoms with Gasteiger partial charge in [0.05, 0.1) is 6.61 Å². The largest absolute Gasteiger partial charge is 0.479 e. The highest BCUT2D eigenvalue weighted by molar-refractivity contribution is 5.84. The fraction of sp³-hybridized carbons (Fsp3) is 0.556. The third kappa shape index (κ3) is 4.47. The Hall–Kier alpha value is -2.04. The first-order chi connectivity index (χ1) is 10.9. The van der Waals surface area contributed by atoms with Gasteiger partial charge in [-0.1, -0.05) is 43.7 Å². The smallest absolute Gasteiger partial charge is 0.410 e. The quantitative estimate of drug-likeness (QED) is 0.794. The lowest BCUT2D eigenvalue weighted by Crippen LogP contribution is -2.58. The predicted octanol–water partition coefficient (Wildman–Crippen LogP) is 3.64. The van der Waals surface area contributed by atoms with Crippen molar-refractivity contribution in [1.29, 1.82) is 0 Å². The summed E-state index contributed by atoms with van der Waals surface area (Å²) in [6.45, 7) is 7.99. The van der Waals surface area contributed by atoms with Crippen LogP contribution in [0.4, 0.5) is 4.79 Å². The molecule has 0 aliphatic carbocycles. The van der Waals surface area contributed by atoms with Gasteiger partial charge in [0.15, 0.2) is 0 Å². The Morgan fingerprint density at radius 1 is 1.17 bits per heavy atom. The molecule has 1 aromatic rings. The van der Waals surface area contributed by atoms with Gasteiger partial charge in [-0.3, -0.25) is 4.90 Å². The molecular formula is C18H27NO4. The maximum absolute atomic E-state index is 12.3. The van der Waals surface area contributed by atoms with Gasteiger partial charge in [0.25, 0.3) is 0 Å². The van der Waals surface area contributed by atoms with Crippen LogP contribution in [0, 0.1) is 6.92 Å². The maximum atomic E-state index is 12.3. The molecule has 128 valence electrons. The molecule has 1 aromatic carbocycles. The van der Waals surface area contributed by atoms with Gasteiger partial charge in [-0.05, 0) is 32.3 Å². The summed E-state index contributed by atoms with van der Waals surface area (Å²) in [5.74, 6) is -0.998. The summed E-state index contributed by atoms with van der Waals surface area (Å²) in [6, 6.07) is 7.73. The molecule has 1 atom stereocenters. The van der Waals surface area contributed by atoms with E-state index in [0.717, 1.165) is 11.1 Å². The van der Waals surface area contributed by atoms with E-state index in [1.165, 1.54) is 4.90 Å². The number of ether oxygens (including phenoxy) is 1. The molecule has 0 aromatic heterocycles. The molecule has 0 heterocycles. The Morgan fingerprint density at radius 2 is 1.78 bits per heavy atom. The molecule has 5 nitrogen and oxygen atoms in total. The summed E-state index contributed by atoms with van der Waals surface area (Å²) in [6.07, 6.45) is 0.681. The Kier molecular flexibility index (Phi) is 7.07. The fourth-order valence-electron chi connectivity index (χ4n) is 2.70. The van der Waals surface area contributed by atoms with Crippen LogP contribution in [0.2, 0.25) is 0 Å². The zero-order valence-electron chi connectivity index (χ0n) is 14.5. The summed E-state index contributed by atoms with van der Waals surface area (Å²) in [7, 11) is 0. The van der Waals surface area contributed by atoms with Crippen LogP contribution >= 0.6 is 0 Å². The second-order valence-electron chi connectivity index (χ2n) is 5.70. The van der Waals surface area contributed by atoms with Gasteiger partial charge in [0.1, 0.15) is 5.54 Å². The molecule has 0 aliphatic heterocycles. The zero-order valence-corrected chi connectivity index (χ0v) is 14.5. The number of carbonyl (C=O) groups is 2. The van der Waals surface area contributed by atoms with Crippen LogP contribution in [-0.4, -0.2) is 40.8 Å². The number of benzene rings is 1. The lowest BCUT2D eigenvalue weighted by atomic mass is 9.86. The van der Waals surface area contributed by atoms with Crippen LogP contribution in [0.5, 0.6) is 0 Å². The first-order valence-electron chi connectivity index (χ1n) is 8.14. The Balaban J connectivity index is 3.23. The van der Waals surface area contributed by atoms with Crippen molar-refractivity contribution < 1.29 is 19.4 Å². The van der Waals surface area contributed by atoms with Crippen molar-refractivity contribution in [1.82, 2.24) is 4.90 Å². The minimum atomic E-state index is -1.29. The first-order valence-corrected chi connectivity index (χ1v) is 8.14. The van der Waals surface area contributed by atoms with Gasteiger partial charge in [0.2, 0.25) is 0 Å². The SMILES string of the molecule is CCCN(C(=O)OCC)C(CC)(Cc1ccc(C)cc1)C(=O)O. The van der Waals surface area contributed by atoms with Crippen molar-refractivity contribution in [3.8, 4) is 0 Å². The number of aryl methyl sites for hydroxylation is 1. The second kappa shape index (κ2) is 8.56. The number of hydrogen-bond donors (Lipinski definition) is 1. The molecule has 0 bridgehead atoms. The molecule has 1 unspecified atom stereocenters. The number of carbonyl (C=O) groups excluding carboxylic acids is 1. The van der Waals surface area contributed by atoms with E-state index in [4.69, 9.17) is 4.74 Å². The number of nitrogens with zero attached hydrogens (tertiary/aromatic N) is 1. The van der Waals surface area contributed by atoms with Gasteiger partial charge in [-0.25, -0.2) is 9.59 Å². The minimum Gasteiger partial charge on any atom is -0.479 e. The fourth-order valence-corrected chi connectivity index (χ4v) is 2.70. The molecule has 0 fully saturated rings. The molecule has 0 aliphatic rings. The van der Waals surface area contributed by atoms with Crippen molar-refractivity contribution >= 4 is 12.1 Å². The van der Waals surface area contributed by atoms with Crippen LogP contribution in [0.25, 0.3) is 0 Å². The van der Waals surface area contributed by atoms with E-state index in [9.17, 15) is 14.7 Å². The van der Waals surface area contributed by atoms with Gasteiger partial charge < -0.3 is 9.84 Å². The second-order valence-corrected chi connectivity index (χ2v) is 5.70. The lowest BCUT2D eigenvalue weighted by molar-refractivity contribution is -0.151. The molecule has 0 saturated carbocycles. The Bertz CT molecular complexity index is 526. The van der Waals surface area contributed by atoms with Crippen molar-refractivity contribution in [2.75, 3.05) is 13.2 Å². The molecule has 1 rings (SSSR count). The average molecular weight is 321 g/mol. The van der Waals surface area contributed by atoms with Gasteiger partial charge in [-0.15, -0.1) is 0 Å². The van der Waals surface area contributed by atoms with Crippen LogP contribution in [0.3, 0.4) is 0 Å². The van der Waals surface area contributed by atoms with Crippen molar-refractivity contribution in [2.45, 2.75) is 52.5 Å². The van der Waals surface area contributed by atoms with Crippen molar-refractivity contribution in [2.24, 2.45) is 0 Å². The normalized spacial score (nSPS) is 13.2. The standard InChI is InChI=1S/C18H27NO4/c1-5-12-19(17(22)23-7-3)18(6-2,16(20)21)13-15-10-8-14(4)9-11-15/h8-11H,5-7,12-13H2,1-4H3,(H,20,21). The van der Waals surface area contributed by atoms with Crippen molar-refractivity contribution in [3.05, 3.63) is 35.4 Å². The molecule has 5 heteroatoms. The summed E-state index contributed by atoms with van der Waals surface area (Å²) in [5.41, 5.74) is 0.713. The third-order valence-electron chi connectivity index (χ3n) is 4.05. The van der Waals surface area contributed by atoms with Crippen LogP contribution < -0.4 is 0 Å². The molecular weight excluding hydrogens is 294 g/mol. The summed E-state index contributed by atoms with van der Waals surface area (Å²) in [5, 5.41) is 9.90. The van der Waals surface area contributed by atoms with Gasteiger partial charge in [-0.2, -0.15) is 0 Å². The van der Waals surface area contributed by atoms with Gasteiger partial charge >= 0.3 is 12.1 Å². The summed E-state index contributed by atoms with van der Waals surface area (Å²) < 4.78 is 5.10. The summed E-state index contributed by atoms with van der Waals surface area (Å²) in [4.78, 5) is 25.8. The third-order valence-corrected chi connectivity index (χ3v) is 4.05. The molecule has 0 spiro atoms. The van der Waals surface area contributed by atoms with Gasteiger partial charge in [0, 0.05) is 13.0 Å². The average Bonchev–Trinajstić information content (AvgIpc) is 2.52. The van der Waals surface area contributed by atoms with E-state index in [2.05, 4.69) is 0 Å². The van der Waals surface area contributed by atoms with Crippen LogP contribution in [-0.2, 0) is 16.0 Å². The molecule has 1 N–H and O–H groups in total. The molecule has 23 heavy (non-hydrogen) atoms. The monoisotopic (exact) mass is 321 g/mol. The molecule has 0 saturated heterocycles. The van der Waals surface area contributed by atoms with E-state index >= 15 is 0 Å². The van der Waals surface area contributed by atoms with E-state index in [1.807, 2.05) is 38.1 Å². The zero-order chi connectivity index (χ0) is 17.5. The minimum absolute atomic E-state index is 0.225. The highest BCUT2D eigenvalue weighted by Gasteiger charge is 2.45.